The Morgan fingerprint density at radius 3 is 2.45 bits per heavy atom. The van der Waals surface area contributed by atoms with Crippen LogP contribution in [0.2, 0.25) is 0 Å². The third-order valence-electron chi connectivity index (χ3n) is 2.52. The third-order valence-corrected chi connectivity index (χ3v) is 2.52. The molecule has 0 aliphatic heterocycles. The molecule has 0 saturated carbocycles. The number of anilines is 1. The first-order chi connectivity index (χ1) is 9.40. The average molecular weight is 274 g/mol. The van der Waals surface area contributed by atoms with Crippen molar-refractivity contribution >= 4 is 17.5 Å². The maximum Gasteiger partial charge on any atom is 0.253 e. The number of hydrogen-bond donors (Lipinski definition) is 2. The molecular weight excluding hydrogens is 252 g/mol. The van der Waals surface area contributed by atoms with Crippen molar-refractivity contribution in [2.24, 2.45) is 5.92 Å². The third kappa shape index (κ3) is 5.26. The van der Waals surface area contributed by atoms with Gasteiger partial charge in [-0.15, -0.1) is 0 Å². The topological polar surface area (TPSA) is 58.2 Å². The number of carbonyl (C=O) groups is 2. The Kier molecular flexibility index (Phi) is 5.97. The maximum atomic E-state index is 12.1. The zero-order valence-corrected chi connectivity index (χ0v) is 12.5. The Labute approximate surface area is 120 Å². The molecule has 0 radical (unpaired) electrons. The summed E-state index contributed by atoms with van der Waals surface area (Å²) in [6, 6.07) is 6.99. The quantitative estimate of drug-likeness (QED) is 0.811. The first-order valence-corrected chi connectivity index (χ1v) is 6.73. The van der Waals surface area contributed by atoms with Gasteiger partial charge >= 0.3 is 0 Å². The fraction of sp³-hybridized carbons (Fsp3) is 0.375. The molecule has 0 atom stereocenters. The van der Waals surface area contributed by atoms with Gasteiger partial charge in [-0.05, 0) is 31.9 Å². The van der Waals surface area contributed by atoms with Crippen LogP contribution in [0.25, 0.3) is 0 Å². The molecule has 20 heavy (non-hydrogen) atoms. The number of benzene rings is 1. The van der Waals surface area contributed by atoms with E-state index in [2.05, 4.69) is 10.6 Å². The van der Waals surface area contributed by atoms with Crippen molar-refractivity contribution in [3.63, 3.8) is 0 Å². The number of nitrogens with one attached hydrogen (secondary N) is 2. The van der Waals surface area contributed by atoms with Crippen molar-refractivity contribution < 1.29 is 9.59 Å². The van der Waals surface area contributed by atoms with E-state index in [0.29, 0.717) is 23.7 Å². The summed E-state index contributed by atoms with van der Waals surface area (Å²) in [5.41, 5.74) is 1.91. The molecule has 1 rings (SSSR count). The number of rotatable bonds is 5. The molecule has 0 aliphatic carbocycles. The molecule has 0 aromatic heterocycles. The second-order valence-corrected chi connectivity index (χ2v) is 5.36. The summed E-state index contributed by atoms with van der Waals surface area (Å²) in [4.78, 5) is 23.8. The molecule has 1 aromatic rings. The Hall–Kier alpha value is -2.10. The summed E-state index contributed by atoms with van der Waals surface area (Å²) in [6.07, 6.45) is 1.50. The van der Waals surface area contributed by atoms with Crippen LogP contribution in [0, 0.1) is 5.92 Å². The van der Waals surface area contributed by atoms with E-state index in [1.807, 2.05) is 27.7 Å². The summed E-state index contributed by atoms with van der Waals surface area (Å²) >= 11 is 0. The zero-order chi connectivity index (χ0) is 15.1. The Bertz CT molecular complexity index is 515. The summed E-state index contributed by atoms with van der Waals surface area (Å²) in [5.74, 6) is -0.0210. The standard InChI is InChI=1S/C16H22N2O2/c1-11(2)9-15(19)18-14-8-6-5-7-13(14)16(20)17-10-12(3)4/h5-9,12H,10H2,1-4H3,(H,17,20)(H,18,19). The van der Waals surface area contributed by atoms with Crippen LogP contribution in [0.5, 0.6) is 0 Å². The number of hydrogen-bond acceptors (Lipinski definition) is 2. The Morgan fingerprint density at radius 2 is 1.85 bits per heavy atom. The van der Waals surface area contributed by atoms with Gasteiger partial charge in [0.15, 0.2) is 0 Å². The van der Waals surface area contributed by atoms with E-state index < -0.39 is 0 Å². The van der Waals surface area contributed by atoms with Crippen molar-refractivity contribution in [1.82, 2.24) is 5.32 Å². The lowest BCUT2D eigenvalue weighted by molar-refractivity contribution is -0.111. The van der Waals surface area contributed by atoms with E-state index in [1.54, 1.807) is 24.3 Å². The van der Waals surface area contributed by atoms with Crippen molar-refractivity contribution in [3.05, 3.63) is 41.5 Å². The first kappa shape index (κ1) is 16.0. The average Bonchev–Trinajstić information content (AvgIpc) is 2.35. The highest BCUT2D eigenvalue weighted by Crippen LogP contribution is 2.15. The van der Waals surface area contributed by atoms with Gasteiger partial charge in [0.2, 0.25) is 5.91 Å². The lowest BCUT2D eigenvalue weighted by atomic mass is 10.1. The monoisotopic (exact) mass is 274 g/mol. The molecule has 2 amide bonds. The van der Waals surface area contributed by atoms with E-state index in [4.69, 9.17) is 0 Å². The lowest BCUT2D eigenvalue weighted by Gasteiger charge is -2.11. The number of allylic oxidation sites excluding steroid dienone is 1. The zero-order valence-electron chi connectivity index (χ0n) is 12.5. The van der Waals surface area contributed by atoms with Gasteiger partial charge in [0.25, 0.3) is 5.91 Å². The molecular formula is C16H22N2O2. The van der Waals surface area contributed by atoms with Crippen molar-refractivity contribution in [2.45, 2.75) is 27.7 Å². The Balaban J connectivity index is 2.85. The van der Waals surface area contributed by atoms with Crippen LogP contribution >= 0.6 is 0 Å². The number of carbonyl (C=O) groups excluding carboxylic acids is 2. The van der Waals surface area contributed by atoms with Crippen LogP contribution in [-0.4, -0.2) is 18.4 Å². The molecule has 1 aromatic carbocycles. The van der Waals surface area contributed by atoms with Gasteiger partial charge in [0.1, 0.15) is 0 Å². The van der Waals surface area contributed by atoms with Gasteiger partial charge in [0, 0.05) is 12.6 Å². The largest absolute Gasteiger partial charge is 0.352 e. The Morgan fingerprint density at radius 1 is 1.20 bits per heavy atom. The normalized spacial score (nSPS) is 10.1. The van der Waals surface area contributed by atoms with Gasteiger partial charge in [-0.25, -0.2) is 0 Å². The molecule has 0 heterocycles. The maximum absolute atomic E-state index is 12.1. The van der Waals surface area contributed by atoms with E-state index in [-0.39, 0.29) is 11.8 Å². The highest BCUT2D eigenvalue weighted by molar-refractivity contribution is 6.06. The lowest BCUT2D eigenvalue weighted by Crippen LogP contribution is -2.28. The van der Waals surface area contributed by atoms with E-state index in [1.165, 1.54) is 6.08 Å². The van der Waals surface area contributed by atoms with Crippen molar-refractivity contribution in [1.29, 1.82) is 0 Å². The molecule has 0 unspecified atom stereocenters. The van der Waals surface area contributed by atoms with E-state index in [0.717, 1.165) is 5.57 Å². The van der Waals surface area contributed by atoms with Gasteiger partial charge < -0.3 is 10.6 Å². The van der Waals surface area contributed by atoms with Crippen molar-refractivity contribution in [3.8, 4) is 0 Å². The predicted molar refractivity (Wildman–Crippen MR) is 81.7 cm³/mol. The predicted octanol–water partition coefficient (Wildman–Crippen LogP) is 2.98. The number of amides is 2. The van der Waals surface area contributed by atoms with E-state index >= 15 is 0 Å². The van der Waals surface area contributed by atoms with Crippen LogP contribution in [0.15, 0.2) is 35.9 Å². The smallest absolute Gasteiger partial charge is 0.253 e. The molecule has 0 aliphatic rings. The van der Waals surface area contributed by atoms with Crippen LogP contribution < -0.4 is 10.6 Å². The second-order valence-electron chi connectivity index (χ2n) is 5.36. The summed E-state index contributed by atoms with van der Waals surface area (Å²) in [6.45, 7) is 8.36. The van der Waals surface area contributed by atoms with Crippen molar-refractivity contribution in [2.75, 3.05) is 11.9 Å². The number of para-hydroxylation sites is 1. The molecule has 2 N–H and O–H groups in total. The minimum atomic E-state index is -0.228. The molecule has 0 saturated heterocycles. The van der Waals surface area contributed by atoms with Gasteiger partial charge in [-0.1, -0.05) is 31.6 Å². The van der Waals surface area contributed by atoms with Crippen LogP contribution in [0.1, 0.15) is 38.1 Å². The molecule has 0 fully saturated rings. The summed E-state index contributed by atoms with van der Waals surface area (Å²) in [5, 5.41) is 5.58. The first-order valence-electron chi connectivity index (χ1n) is 6.73. The highest BCUT2D eigenvalue weighted by Gasteiger charge is 2.12. The van der Waals surface area contributed by atoms with E-state index in [9.17, 15) is 9.59 Å². The second kappa shape index (κ2) is 7.48. The molecule has 0 spiro atoms. The molecule has 0 bridgehead atoms. The molecule has 108 valence electrons. The highest BCUT2D eigenvalue weighted by atomic mass is 16.2. The van der Waals surface area contributed by atoms with Gasteiger partial charge in [0.05, 0.1) is 11.3 Å². The molecule has 4 nitrogen and oxygen atoms in total. The summed E-state index contributed by atoms with van der Waals surface area (Å²) in [7, 11) is 0. The van der Waals surface area contributed by atoms with Gasteiger partial charge in [-0.3, -0.25) is 9.59 Å². The fourth-order valence-electron chi connectivity index (χ4n) is 1.61. The van der Waals surface area contributed by atoms with Gasteiger partial charge in [-0.2, -0.15) is 0 Å². The van der Waals surface area contributed by atoms with Crippen LogP contribution in [0.4, 0.5) is 5.69 Å². The molecule has 4 heteroatoms. The fourth-order valence-corrected chi connectivity index (χ4v) is 1.61. The van der Waals surface area contributed by atoms with Crippen LogP contribution in [0.3, 0.4) is 0 Å². The summed E-state index contributed by atoms with van der Waals surface area (Å²) < 4.78 is 0. The minimum absolute atomic E-state index is 0.174. The minimum Gasteiger partial charge on any atom is -0.352 e. The van der Waals surface area contributed by atoms with Crippen LogP contribution in [-0.2, 0) is 4.79 Å². The SMILES string of the molecule is CC(C)=CC(=O)Nc1ccccc1C(=O)NCC(C)C.